The molecule has 0 bridgehead atoms. The summed E-state index contributed by atoms with van der Waals surface area (Å²) in [6, 6.07) is 4.67. The molecule has 7 nitrogen and oxygen atoms in total. The van der Waals surface area contributed by atoms with Crippen LogP contribution >= 0.6 is 0 Å². The van der Waals surface area contributed by atoms with Gasteiger partial charge in [0.1, 0.15) is 5.82 Å². The number of anilines is 1. The van der Waals surface area contributed by atoms with E-state index in [1.807, 2.05) is 0 Å². The second kappa shape index (κ2) is 7.01. The molecule has 0 aliphatic carbocycles. The summed E-state index contributed by atoms with van der Waals surface area (Å²) in [5.74, 6) is -0.953. The molecule has 0 spiro atoms. The second-order valence-corrected chi connectivity index (χ2v) is 5.48. The van der Waals surface area contributed by atoms with E-state index in [-0.39, 0.29) is 5.82 Å². The van der Waals surface area contributed by atoms with Gasteiger partial charge in [-0.2, -0.15) is 12.7 Å². The molecule has 0 saturated carbocycles. The minimum atomic E-state index is -3.64. The number of rotatable bonds is 7. The zero-order valence-corrected chi connectivity index (χ0v) is 12.1. The molecule has 0 aromatic carbocycles. The van der Waals surface area contributed by atoms with Crippen LogP contribution in [0.2, 0.25) is 0 Å². The van der Waals surface area contributed by atoms with Crippen LogP contribution in [0.5, 0.6) is 0 Å². The number of nitrogens with zero attached hydrogens (tertiary/aromatic N) is 2. The largest absolute Gasteiger partial charge is 0.478 e. The van der Waals surface area contributed by atoms with E-state index in [2.05, 4.69) is 9.71 Å². The average Bonchev–Trinajstić information content (AvgIpc) is 2.37. The zero-order valence-electron chi connectivity index (χ0n) is 11.3. The van der Waals surface area contributed by atoms with Crippen molar-refractivity contribution < 1.29 is 18.3 Å². The van der Waals surface area contributed by atoms with E-state index in [4.69, 9.17) is 5.11 Å². The Balaban J connectivity index is 2.93. The smallest absolute Gasteiger partial charge is 0.328 e. The van der Waals surface area contributed by atoms with Crippen molar-refractivity contribution in [2.45, 2.75) is 13.8 Å². The molecular weight excluding hydrogens is 282 g/mol. The molecule has 2 N–H and O–H groups in total. The lowest BCUT2D eigenvalue weighted by Gasteiger charge is -2.18. The lowest BCUT2D eigenvalue weighted by Crippen LogP contribution is -2.35. The highest BCUT2D eigenvalue weighted by molar-refractivity contribution is 7.90. The number of carbonyl (C=O) groups is 1. The summed E-state index contributed by atoms with van der Waals surface area (Å²) >= 11 is 0. The number of carboxylic acid groups (broad SMARTS) is 1. The van der Waals surface area contributed by atoms with Crippen molar-refractivity contribution in [3.8, 4) is 0 Å². The van der Waals surface area contributed by atoms with Crippen LogP contribution in [0, 0.1) is 0 Å². The van der Waals surface area contributed by atoms with Crippen molar-refractivity contribution >= 4 is 28.1 Å². The highest BCUT2D eigenvalue weighted by Crippen LogP contribution is 2.10. The van der Waals surface area contributed by atoms with Crippen LogP contribution in [-0.4, -0.2) is 41.9 Å². The fourth-order valence-corrected chi connectivity index (χ4v) is 2.70. The number of hydrogen-bond acceptors (Lipinski definition) is 4. The van der Waals surface area contributed by atoms with Crippen LogP contribution in [0.3, 0.4) is 0 Å². The van der Waals surface area contributed by atoms with Crippen molar-refractivity contribution in [1.82, 2.24) is 9.29 Å². The molecule has 0 amide bonds. The first-order valence-electron chi connectivity index (χ1n) is 6.05. The molecular formula is C12H17N3O4S. The topological polar surface area (TPSA) is 99.6 Å². The van der Waals surface area contributed by atoms with Crippen molar-refractivity contribution in [1.29, 1.82) is 0 Å². The van der Waals surface area contributed by atoms with Crippen molar-refractivity contribution in [2.24, 2.45) is 0 Å². The Labute approximate surface area is 118 Å². The molecule has 0 aliphatic rings. The quantitative estimate of drug-likeness (QED) is 0.736. The van der Waals surface area contributed by atoms with Gasteiger partial charge in [0.05, 0.1) is 5.69 Å². The summed E-state index contributed by atoms with van der Waals surface area (Å²) in [5, 5.41) is 8.53. The van der Waals surface area contributed by atoms with Gasteiger partial charge in [0.15, 0.2) is 0 Å². The first kappa shape index (κ1) is 16.1. The van der Waals surface area contributed by atoms with E-state index in [0.29, 0.717) is 18.8 Å². The van der Waals surface area contributed by atoms with Crippen molar-refractivity contribution in [3.05, 3.63) is 30.0 Å². The third-order valence-corrected chi connectivity index (χ3v) is 4.11. The van der Waals surface area contributed by atoms with E-state index >= 15 is 0 Å². The molecule has 20 heavy (non-hydrogen) atoms. The molecule has 1 aromatic rings. The Morgan fingerprint density at radius 2 is 2.05 bits per heavy atom. The Kier molecular flexibility index (Phi) is 5.66. The predicted octanol–water partition coefficient (Wildman–Crippen LogP) is 1.18. The molecule has 0 atom stereocenters. The fraction of sp³-hybridized carbons (Fsp3) is 0.333. The highest BCUT2D eigenvalue weighted by Gasteiger charge is 2.18. The maximum Gasteiger partial charge on any atom is 0.328 e. The third-order valence-electron chi connectivity index (χ3n) is 2.45. The van der Waals surface area contributed by atoms with Crippen LogP contribution in [0.4, 0.5) is 5.82 Å². The van der Waals surface area contributed by atoms with Gasteiger partial charge < -0.3 is 5.11 Å². The SMILES string of the molecule is CCN(CC)S(=O)(=O)Nc1cccc(C=CC(=O)O)n1. The first-order valence-corrected chi connectivity index (χ1v) is 7.49. The van der Waals surface area contributed by atoms with Gasteiger partial charge in [-0.3, -0.25) is 4.72 Å². The Bertz CT molecular complexity index is 594. The zero-order chi connectivity index (χ0) is 15.2. The number of aromatic nitrogens is 1. The van der Waals surface area contributed by atoms with E-state index in [1.165, 1.54) is 16.4 Å². The minimum absolute atomic E-state index is 0.143. The van der Waals surface area contributed by atoms with E-state index in [9.17, 15) is 13.2 Å². The molecule has 8 heteroatoms. The summed E-state index contributed by atoms with van der Waals surface area (Å²) in [5.41, 5.74) is 0.354. The molecule has 0 saturated heterocycles. The monoisotopic (exact) mass is 299 g/mol. The van der Waals surface area contributed by atoms with E-state index in [0.717, 1.165) is 6.08 Å². The molecule has 1 heterocycles. The molecule has 0 unspecified atom stereocenters. The van der Waals surface area contributed by atoms with Gasteiger partial charge in [0.25, 0.3) is 0 Å². The van der Waals surface area contributed by atoms with Gasteiger partial charge in [-0.05, 0) is 18.2 Å². The lowest BCUT2D eigenvalue weighted by atomic mass is 10.3. The number of nitrogens with one attached hydrogen (secondary N) is 1. The normalized spacial score (nSPS) is 11.9. The Hall–Kier alpha value is -1.93. The molecule has 0 fully saturated rings. The highest BCUT2D eigenvalue weighted by atomic mass is 32.2. The summed E-state index contributed by atoms with van der Waals surface area (Å²) in [6.45, 7) is 4.18. The first-order chi connectivity index (χ1) is 9.39. The average molecular weight is 299 g/mol. The third kappa shape index (κ3) is 4.63. The van der Waals surface area contributed by atoms with Crippen molar-refractivity contribution in [3.63, 3.8) is 0 Å². The lowest BCUT2D eigenvalue weighted by molar-refractivity contribution is -0.131. The maximum absolute atomic E-state index is 12.0. The van der Waals surface area contributed by atoms with Crippen LogP contribution in [0.25, 0.3) is 6.08 Å². The summed E-state index contributed by atoms with van der Waals surface area (Å²) in [4.78, 5) is 14.4. The Morgan fingerprint density at radius 1 is 1.40 bits per heavy atom. The molecule has 1 aromatic heterocycles. The van der Waals surface area contributed by atoms with E-state index < -0.39 is 16.2 Å². The fourth-order valence-electron chi connectivity index (χ4n) is 1.52. The van der Waals surface area contributed by atoms with Gasteiger partial charge in [0, 0.05) is 19.2 Å². The van der Waals surface area contributed by atoms with Crippen LogP contribution in [0.1, 0.15) is 19.5 Å². The molecule has 110 valence electrons. The number of pyridine rings is 1. The summed E-state index contributed by atoms with van der Waals surface area (Å²) in [6.07, 6.45) is 2.22. The standard InChI is InChI=1S/C12H17N3O4S/c1-3-15(4-2)20(18,19)14-11-7-5-6-10(13-11)8-9-12(16)17/h5-9H,3-4H2,1-2H3,(H,13,14)(H,16,17). The van der Waals surface area contributed by atoms with Crippen LogP contribution in [0.15, 0.2) is 24.3 Å². The summed E-state index contributed by atoms with van der Waals surface area (Å²) in [7, 11) is -3.64. The van der Waals surface area contributed by atoms with Gasteiger partial charge in [-0.25, -0.2) is 9.78 Å². The maximum atomic E-state index is 12.0. The number of hydrogen-bond donors (Lipinski definition) is 2. The number of aliphatic carboxylic acids is 1. The second-order valence-electron chi connectivity index (χ2n) is 3.81. The van der Waals surface area contributed by atoms with E-state index in [1.54, 1.807) is 26.0 Å². The number of carboxylic acids is 1. The van der Waals surface area contributed by atoms with Crippen LogP contribution in [-0.2, 0) is 15.0 Å². The van der Waals surface area contributed by atoms with Gasteiger partial charge >= 0.3 is 16.2 Å². The van der Waals surface area contributed by atoms with Gasteiger partial charge in [-0.15, -0.1) is 0 Å². The van der Waals surface area contributed by atoms with Gasteiger partial charge in [-0.1, -0.05) is 19.9 Å². The predicted molar refractivity (Wildman–Crippen MR) is 76.4 cm³/mol. The Morgan fingerprint density at radius 3 is 2.60 bits per heavy atom. The molecule has 0 radical (unpaired) electrons. The minimum Gasteiger partial charge on any atom is -0.478 e. The van der Waals surface area contributed by atoms with Crippen LogP contribution < -0.4 is 4.72 Å². The van der Waals surface area contributed by atoms with Gasteiger partial charge in [0.2, 0.25) is 0 Å². The van der Waals surface area contributed by atoms with Crippen molar-refractivity contribution in [2.75, 3.05) is 17.8 Å². The summed E-state index contributed by atoms with van der Waals surface area (Å²) < 4.78 is 27.6. The molecule has 1 rings (SSSR count). The molecule has 0 aliphatic heterocycles.